The Morgan fingerprint density at radius 1 is 1.78 bits per heavy atom. The summed E-state index contributed by atoms with van der Waals surface area (Å²) in [5, 5.41) is 0. The Hall–Kier alpha value is -0.830. The number of nitrogens with two attached hydrogens (primary N) is 1. The van der Waals surface area contributed by atoms with E-state index in [9.17, 15) is 0 Å². The molecule has 0 radical (unpaired) electrons. The topological polar surface area (TPSA) is 52.0 Å². The van der Waals surface area contributed by atoms with Crippen LogP contribution in [0.15, 0.2) is 10.7 Å². The second-order valence-corrected chi connectivity index (χ2v) is 2.08. The molecule has 1 heterocycles. The zero-order valence-corrected chi connectivity index (χ0v) is 5.59. The third kappa shape index (κ3) is 1.29. The molecule has 3 nitrogen and oxygen atoms in total. The quantitative estimate of drug-likeness (QED) is 0.610. The largest absolute Gasteiger partial charge is 0.449 e. The first-order valence-electron chi connectivity index (χ1n) is 2.88. The van der Waals surface area contributed by atoms with Crippen molar-refractivity contribution < 1.29 is 4.42 Å². The molecular weight excluding hydrogens is 116 g/mol. The summed E-state index contributed by atoms with van der Waals surface area (Å²) in [6, 6.07) is -0.0255. The maximum atomic E-state index is 5.50. The lowest BCUT2D eigenvalue weighted by Crippen LogP contribution is -2.04. The van der Waals surface area contributed by atoms with Crippen molar-refractivity contribution in [1.82, 2.24) is 4.98 Å². The molecule has 0 bridgehead atoms. The minimum absolute atomic E-state index is 0.0255. The molecule has 0 aliphatic carbocycles. The molecule has 1 aromatic heterocycles. The van der Waals surface area contributed by atoms with Crippen molar-refractivity contribution in [3.63, 3.8) is 0 Å². The Kier molecular flexibility index (Phi) is 1.53. The molecule has 1 rings (SSSR count). The fourth-order valence-corrected chi connectivity index (χ4v) is 0.589. The highest BCUT2D eigenvalue weighted by molar-refractivity contribution is 4.99. The first-order chi connectivity index (χ1) is 4.20. The second-order valence-electron chi connectivity index (χ2n) is 2.08. The van der Waals surface area contributed by atoms with Gasteiger partial charge in [-0.3, -0.25) is 0 Å². The normalized spacial score (nSPS) is 13.7. The van der Waals surface area contributed by atoms with Crippen LogP contribution in [-0.4, -0.2) is 4.98 Å². The number of oxazole rings is 1. The molecule has 0 aliphatic heterocycles. The zero-order chi connectivity index (χ0) is 6.85. The molecule has 0 unspecified atom stereocenters. The van der Waals surface area contributed by atoms with Crippen LogP contribution < -0.4 is 5.73 Å². The van der Waals surface area contributed by atoms with Gasteiger partial charge >= 0.3 is 0 Å². The summed E-state index contributed by atoms with van der Waals surface area (Å²) in [6.07, 6.45) is 1.58. The van der Waals surface area contributed by atoms with Gasteiger partial charge in [0.1, 0.15) is 6.26 Å². The molecule has 1 aromatic rings. The van der Waals surface area contributed by atoms with Crippen molar-refractivity contribution in [1.29, 1.82) is 0 Å². The molecule has 50 valence electrons. The van der Waals surface area contributed by atoms with Crippen molar-refractivity contribution in [2.75, 3.05) is 0 Å². The number of hydrogen-bond acceptors (Lipinski definition) is 3. The van der Waals surface area contributed by atoms with E-state index in [-0.39, 0.29) is 6.04 Å². The van der Waals surface area contributed by atoms with E-state index >= 15 is 0 Å². The monoisotopic (exact) mass is 126 g/mol. The zero-order valence-electron chi connectivity index (χ0n) is 5.59. The van der Waals surface area contributed by atoms with Crippen LogP contribution in [-0.2, 0) is 0 Å². The van der Waals surface area contributed by atoms with Crippen molar-refractivity contribution in [2.24, 2.45) is 5.73 Å². The first kappa shape index (κ1) is 6.29. The third-order valence-corrected chi connectivity index (χ3v) is 1.10. The van der Waals surface area contributed by atoms with Gasteiger partial charge in [-0.2, -0.15) is 0 Å². The van der Waals surface area contributed by atoms with Gasteiger partial charge in [-0.05, 0) is 6.92 Å². The van der Waals surface area contributed by atoms with Crippen LogP contribution in [0.1, 0.15) is 24.6 Å². The van der Waals surface area contributed by atoms with Crippen LogP contribution in [0, 0.1) is 6.92 Å². The molecule has 0 saturated heterocycles. The Balaban J connectivity index is 2.85. The summed E-state index contributed by atoms with van der Waals surface area (Å²) < 4.78 is 4.93. The van der Waals surface area contributed by atoms with Gasteiger partial charge in [0.05, 0.1) is 5.69 Å². The van der Waals surface area contributed by atoms with Crippen LogP contribution in [0.25, 0.3) is 0 Å². The average molecular weight is 126 g/mol. The standard InChI is InChI=1S/C6H10N2O/c1-4(7)6-3-9-5(2)8-6/h3-4H,7H2,1-2H3/t4-/m0/s1. The van der Waals surface area contributed by atoms with E-state index in [1.54, 1.807) is 13.2 Å². The molecule has 2 N–H and O–H groups in total. The smallest absolute Gasteiger partial charge is 0.191 e. The summed E-state index contributed by atoms with van der Waals surface area (Å²) in [4.78, 5) is 4.02. The Labute approximate surface area is 53.9 Å². The van der Waals surface area contributed by atoms with E-state index in [2.05, 4.69) is 4.98 Å². The third-order valence-electron chi connectivity index (χ3n) is 1.10. The molecule has 9 heavy (non-hydrogen) atoms. The van der Waals surface area contributed by atoms with Gasteiger partial charge in [0.15, 0.2) is 5.89 Å². The maximum Gasteiger partial charge on any atom is 0.191 e. The Morgan fingerprint density at radius 3 is 2.67 bits per heavy atom. The first-order valence-corrected chi connectivity index (χ1v) is 2.88. The fraction of sp³-hybridized carbons (Fsp3) is 0.500. The SMILES string of the molecule is Cc1nc([C@H](C)N)co1. The van der Waals surface area contributed by atoms with Crippen LogP contribution in [0.4, 0.5) is 0 Å². The predicted molar refractivity (Wildman–Crippen MR) is 33.8 cm³/mol. The Morgan fingerprint density at radius 2 is 2.44 bits per heavy atom. The van der Waals surface area contributed by atoms with Gasteiger partial charge in [-0.25, -0.2) is 4.98 Å². The van der Waals surface area contributed by atoms with E-state index in [4.69, 9.17) is 10.2 Å². The lowest BCUT2D eigenvalue weighted by molar-refractivity contribution is 0.520. The second kappa shape index (κ2) is 2.19. The van der Waals surface area contributed by atoms with E-state index < -0.39 is 0 Å². The number of aryl methyl sites for hydroxylation is 1. The molecule has 0 saturated carbocycles. The van der Waals surface area contributed by atoms with E-state index in [0.29, 0.717) is 5.89 Å². The highest BCUT2D eigenvalue weighted by Gasteiger charge is 2.02. The molecule has 1 atom stereocenters. The maximum absolute atomic E-state index is 5.50. The van der Waals surface area contributed by atoms with Crippen LogP contribution in [0.2, 0.25) is 0 Å². The number of aromatic nitrogens is 1. The molecule has 0 amide bonds. The minimum Gasteiger partial charge on any atom is -0.449 e. The highest BCUT2D eigenvalue weighted by atomic mass is 16.3. The van der Waals surface area contributed by atoms with Gasteiger partial charge in [-0.15, -0.1) is 0 Å². The highest BCUT2D eigenvalue weighted by Crippen LogP contribution is 2.07. The van der Waals surface area contributed by atoms with Crippen molar-refractivity contribution in [3.8, 4) is 0 Å². The van der Waals surface area contributed by atoms with Gasteiger partial charge in [0.2, 0.25) is 0 Å². The molecule has 0 aromatic carbocycles. The summed E-state index contributed by atoms with van der Waals surface area (Å²) in [6.45, 7) is 3.67. The molecular formula is C6H10N2O. The summed E-state index contributed by atoms with van der Waals surface area (Å²) >= 11 is 0. The molecule has 3 heteroatoms. The lowest BCUT2D eigenvalue weighted by atomic mass is 10.3. The van der Waals surface area contributed by atoms with Gasteiger partial charge < -0.3 is 10.2 Å². The van der Waals surface area contributed by atoms with E-state index in [1.807, 2.05) is 6.92 Å². The van der Waals surface area contributed by atoms with Gasteiger partial charge in [0, 0.05) is 13.0 Å². The predicted octanol–water partition coefficient (Wildman–Crippen LogP) is 1.00. The number of rotatable bonds is 1. The van der Waals surface area contributed by atoms with Crippen molar-refractivity contribution in [2.45, 2.75) is 19.9 Å². The molecule has 0 aliphatic rings. The molecule has 0 fully saturated rings. The number of nitrogens with zero attached hydrogens (tertiary/aromatic N) is 1. The Bertz CT molecular complexity index is 193. The van der Waals surface area contributed by atoms with Crippen molar-refractivity contribution >= 4 is 0 Å². The fourth-order valence-electron chi connectivity index (χ4n) is 0.589. The summed E-state index contributed by atoms with van der Waals surface area (Å²) in [5.74, 6) is 0.669. The average Bonchev–Trinajstić information content (AvgIpc) is 2.14. The van der Waals surface area contributed by atoms with E-state index in [0.717, 1.165) is 5.69 Å². The number of hydrogen-bond donors (Lipinski definition) is 1. The van der Waals surface area contributed by atoms with Crippen LogP contribution in [0.5, 0.6) is 0 Å². The summed E-state index contributed by atoms with van der Waals surface area (Å²) in [5.41, 5.74) is 6.32. The van der Waals surface area contributed by atoms with Gasteiger partial charge in [0.25, 0.3) is 0 Å². The van der Waals surface area contributed by atoms with E-state index in [1.165, 1.54) is 0 Å². The van der Waals surface area contributed by atoms with Crippen molar-refractivity contribution in [3.05, 3.63) is 17.8 Å². The van der Waals surface area contributed by atoms with Crippen LogP contribution >= 0.6 is 0 Å². The summed E-state index contributed by atoms with van der Waals surface area (Å²) in [7, 11) is 0. The van der Waals surface area contributed by atoms with Crippen LogP contribution in [0.3, 0.4) is 0 Å². The minimum atomic E-state index is -0.0255. The lowest BCUT2D eigenvalue weighted by Gasteiger charge is -1.94. The molecule has 0 spiro atoms. The van der Waals surface area contributed by atoms with Gasteiger partial charge in [-0.1, -0.05) is 0 Å².